The Bertz CT molecular complexity index is 1100. The van der Waals surface area contributed by atoms with Gasteiger partial charge in [0.15, 0.2) is 0 Å². The summed E-state index contributed by atoms with van der Waals surface area (Å²) < 4.78 is 11.4. The Balaban J connectivity index is 1.55. The first kappa shape index (κ1) is 27.9. The summed E-state index contributed by atoms with van der Waals surface area (Å²) in [7, 11) is 1.58. The maximum atomic E-state index is 13.5. The zero-order valence-electron chi connectivity index (χ0n) is 23.0. The SMILES string of the molecule is CCC1(CC)CC(=O)N([C@@H](CCOC)[C@@H]2C[C@@H]2C(=O)N[C@H]2CC(C)(C)Oc3ccccc32)C(=NC(=O)O)N1. The van der Waals surface area contributed by atoms with Crippen molar-refractivity contribution in [1.29, 1.82) is 0 Å². The summed E-state index contributed by atoms with van der Waals surface area (Å²) in [6.45, 7) is 8.32. The molecule has 38 heavy (non-hydrogen) atoms. The molecule has 0 spiro atoms. The third-order valence-corrected chi connectivity index (χ3v) is 8.23. The smallest absolute Gasteiger partial charge is 0.434 e. The molecule has 1 aromatic carbocycles. The molecule has 208 valence electrons. The summed E-state index contributed by atoms with van der Waals surface area (Å²) in [6, 6.07) is 7.16. The average molecular weight is 529 g/mol. The number of ether oxygens (including phenoxy) is 2. The van der Waals surface area contributed by atoms with Crippen LogP contribution in [-0.4, -0.2) is 64.8 Å². The lowest BCUT2D eigenvalue weighted by Gasteiger charge is -2.45. The normalized spacial score (nSPS) is 27.1. The fourth-order valence-electron chi connectivity index (χ4n) is 5.95. The van der Waals surface area contributed by atoms with Crippen LogP contribution in [0.15, 0.2) is 29.3 Å². The van der Waals surface area contributed by atoms with Gasteiger partial charge in [-0.25, -0.2) is 4.79 Å². The molecule has 0 unspecified atom stereocenters. The van der Waals surface area contributed by atoms with Gasteiger partial charge < -0.3 is 25.2 Å². The van der Waals surface area contributed by atoms with Crippen LogP contribution in [-0.2, 0) is 14.3 Å². The number of aliphatic imine (C=N–C) groups is 1. The summed E-state index contributed by atoms with van der Waals surface area (Å²) in [5, 5.41) is 16.0. The van der Waals surface area contributed by atoms with Crippen LogP contribution < -0.4 is 15.4 Å². The van der Waals surface area contributed by atoms with Crippen molar-refractivity contribution >= 4 is 23.9 Å². The van der Waals surface area contributed by atoms with Gasteiger partial charge in [0.2, 0.25) is 17.8 Å². The van der Waals surface area contributed by atoms with Crippen molar-refractivity contribution in [2.24, 2.45) is 16.8 Å². The number of carboxylic acid groups (broad SMARTS) is 1. The van der Waals surface area contributed by atoms with E-state index < -0.39 is 23.3 Å². The summed E-state index contributed by atoms with van der Waals surface area (Å²) in [5.41, 5.74) is -0.0119. The third kappa shape index (κ3) is 5.80. The first-order chi connectivity index (χ1) is 18.0. The van der Waals surface area contributed by atoms with Gasteiger partial charge in [-0.15, -0.1) is 4.99 Å². The number of para-hydroxylation sites is 1. The minimum Gasteiger partial charge on any atom is -0.487 e. The molecule has 1 saturated heterocycles. The maximum absolute atomic E-state index is 13.5. The first-order valence-corrected chi connectivity index (χ1v) is 13.5. The molecule has 1 aromatic rings. The fourth-order valence-corrected chi connectivity index (χ4v) is 5.95. The molecule has 2 fully saturated rings. The Morgan fingerprint density at radius 3 is 2.66 bits per heavy atom. The largest absolute Gasteiger partial charge is 0.487 e. The first-order valence-electron chi connectivity index (χ1n) is 13.5. The quantitative estimate of drug-likeness (QED) is 0.444. The van der Waals surface area contributed by atoms with Gasteiger partial charge in [0.1, 0.15) is 11.4 Å². The third-order valence-electron chi connectivity index (χ3n) is 8.23. The number of carbonyl (C=O) groups is 3. The predicted octanol–water partition coefficient (Wildman–Crippen LogP) is 3.86. The van der Waals surface area contributed by atoms with Crippen molar-refractivity contribution < 1.29 is 29.0 Å². The van der Waals surface area contributed by atoms with Gasteiger partial charge in [0.05, 0.1) is 12.5 Å². The van der Waals surface area contributed by atoms with E-state index in [0.29, 0.717) is 38.7 Å². The number of rotatable bonds is 9. The molecule has 3 aliphatic rings. The highest BCUT2D eigenvalue weighted by Gasteiger charge is 2.53. The van der Waals surface area contributed by atoms with Gasteiger partial charge in [-0.3, -0.25) is 14.5 Å². The maximum Gasteiger partial charge on any atom is 0.434 e. The minimum absolute atomic E-state index is 0.0460. The van der Waals surface area contributed by atoms with E-state index in [2.05, 4.69) is 15.6 Å². The highest BCUT2D eigenvalue weighted by atomic mass is 16.5. The van der Waals surface area contributed by atoms with Crippen molar-refractivity contribution in [1.82, 2.24) is 15.5 Å². The number of amides is 3. The number of nitrogens with one attached hydrogen (secondary N) is 2. The Kier molecular flexibility index (Phi) is 8.01. The predicted molar refractivity (Wildman–Crippen MR) is 142 cm³/mol. The Morgan fingerprint density at radius 2 is 2.00 bits per heavy atom. The number of guanidine groups is 1. The summed E-state index contributed by atoms with van der Waals surface area (Å²) in [5.74, 6) is 0.144. The van der Waals surface area contributed by atoms with E-state index in [9.17, 15) is 19.5 Å². The molecule has 0 bridgehead atoms. The Morgan fingerprint density at radius 1 is 1.29 bits per heavy atom. The second kappa shape index (κ2) is 10.9. The monoisotopic (exact) mass is 528 g/mol. The lowest BCUT2D eigenvalue weighted by Crippen LogP contribution is -2.65. The van der Waals surface area contributed by atoms with E-state index >= 15 is 0 Å². The lowest BCUT2D eigenvalue weighted by molar-refractivity contribution is -0.134. The standard InChI is InChI=1S/C28H40N4O6/c1-6-28(7-2)16-23(33)32(25(31-28)30-26(35)36)21(12-13-37-5)18-14-19(18)24(34)29-20-15-27(3,4)38-22-11-9-8-10-17(20)22/h8-11,18-21H,6-7,12-16H2,1-5H3,(H,29,34)(H,30,31)(H,35,36)/t18-,19+,20+,21+/m1/s1. The second-order valence-electron chi connectivity index (χ2n) is 11.3. The van der Waals surface area contributed by atoms with Crippen molar-refractivity contribution in [2.75, 3.05) is 13.7 Å². The molecule has 2 aliphatic heterocycles. The number of hydrogen-bond donors (Lipinski definition) is 3. The number of methoxy groups -OCH3 is 1. The number of hydrogen-bond acceptors (Lipinski definition) is 5. The molecular weight excluding hydrogens is 488 g/mol. The van der Waals surface area contributed by atoms with Gasteiger partial charge in [-0.2, -0.15) is 0 Å². The molecule has 4 rings (SSSR count). The van der Waals surface area contributed by atoms with Crippen LogP contribution in [0.4, 0.5) is 4.79 Å². The topological polar surface area (TPSA) is 130 Å². The van der Waals surface area contributed by atoms with E-state index in [4.69, 9.17) is 9.47 Å². The second-order valence-corrected chi connectivity index (χ2v) is 11.3. The van der Waals surface area contributed by atoms with Gasteiger partial charge in [0, 0.05) is 43.2 Å². The zero-order valence-corrected chi connectivity index (χ0v) is 23.0. The highest BCUT2D eigenvalue weighted by Crippen LogP contribution is 2.47. The van der Waals surface area contributed by atoms with Crippen molar-refractivity contribution in [3.63, 3.8) is 0 Å². The molecule has 2 heterocycles. The number of fused-ring (bicyclic) bond motifs is 1. The summed E-state index contributed by atoms with van der Waals surface area (Å²) in [4.78, 5) is 43.9. The molecule has 4 atom stereocenters. The van der Waals surface area contributed by atoms with E-state index in [1.54, 1.807) is 7.11 Å². The fraction of sp³-hybridized carbons (Fsp3) is 0.643. The summed E-state index contributed by atoms with van der Waals surface area (Å²) >= 11 is 0. The Hall–Kier alpha value is -3.14. The van der Waals surface area contributed by atoms with Gasteiger partial charge in [0.25, 0.3) is 0 Å². The molecule has 3 N–H and O–H groups in total. The van der Waals surface area contributed by atoms with Gasteiger partial charge in [-0.1, -0.05) is 32.0 Å². The van der Waals surface area contributed by atoms with Crippen LogP contribution >= 0.6 is 0 Å². The van der Waals surface area contributed by atoms with E-state index in [1.807, 2.05) is 52.0 Å². The van der Waals surface area contributed by atoms with Crippen LogP contribution in [0, 0.1) is 11.8 Å². The summed E-state index contributed by atoms with van der Waals surface area (Å²) in [6.07, 6.45) is 1.88. The van der Waals surface area contributed by atoms with Crippen molar-refractivity contribution in [2.45, 2.75) is 89.4 Å². The molecule has 0 radical (unpaired) electrons. The van der Waals surface area contributed by atoms with Crippen LogP contribution in [0.2, 0.25) is 0 Å². The molecule has 1 saturated carbocycles. The lowest BCUT2D eigenvalue weighted by atomic mass is 9.86. The minimum atomic E-state index is -1.37. The molecular formula is C28H40N4O6. The van der Waals surface area contributed by atoms with Gasteiger partial charge >= 0.3 is 6.09 Å². The van der Waals surface area contributed by atoms with Crippen LogP contribution in [0.25, 0.3) is 0 Å². The zero-order chi connectivity index (χ0) is 27.7. The van der Waals surface area contributed by atoms with Crippen LogP contribution in [0.3, 0.4) is 0 Å². The average Bonchev–Trinajstić information content (AvgIpc) is 3.65. The van der Waals surface area contributed by atoms with Crippen molar-refractivity contribution in [3.05, 3.63) is 29.8 Å². The Labute approximate surface area is 224 Å². The van der Waals surface area contributed by atoms with Crippen LogP contribution in [0.1, 0.15) is 77.8 Å². The number of benzene rings is 1. The van der Waals surface area contributed by atoms with E-state index in [0.717, 1.165) is 11.3 Å². The number of carbonyl (C=O) groups excluding carboxylic acids is 2. The van der Waals surface area contributed by atoms with E-state index in [1.165, 1.54) is 4.90 Å². The highest BCUT2D eigenvalue weighted by molar-refractivity contribution is 6.04. The molecule has 0 aromatic heterocycles. The number of nitrogens with zero attached hydrogens (tertiary/aromatic N) is 2. The van der Waals surface area contributed by atoms with Crippen molar-refractivity contribution in [3.8, 4) is 5.75 Å². The van der Waals surface area contributed by atoms with E-state index in [-0.39, 0.29) is 42.1 Å². The molecule has 10 nitrogen and oxygen atoms in total. The van der Waals surface area contributed by atoms with Crippen LogP contribution in [0.5, 0.6) is 5.75 Å². The molecule has 1 aliphatic carbocycles. The molecule has 10 heteroatoms. The molecule has 3 amide bonds. The van der Waals surface area contributed by atoms with Gasteiger partial charge in [-0.05, 0) is 51.5 Å².